The maximum Gasteiger partial charge on any atom is 0.123 e. The fourth-order valence-electron chi connectivity index (χ4n) is 1.23. The standard InChI is InChI=1S/C10H10FN3S/c11-7-1-3-8(4-2-7)14-6-5-9(13-14)10(12)15/h1-6,10,15H,12H2/t10-/m0/s1. The van der Waals surface area contributed by atoms with E-state index >= 15 is 0 Å². The molecule has 0 aliphatic rings. The van der Waals surface area contributed by atoms with Crippen molar-refractivity contribution in [2.75, 3.05) is 0 Å². The quantitative estimate of drug-likeness (QED) is 0.603. The molecule has 5 heteroatoms. The van der Waals surface area contributed by atoms with Gasteiger partial charge < -0.3 is 5.73 Å². The molecule has 3 nitrogen and oxygen atoms in total. The smallest absolute Gasteiger partial charge is 0.123 e. The molecule has 0 amide bonds. The molecule has 0 bridgehead atoms. The topological polar surface area (TPSA) is 43.8 Å². The Morgan fingerprint density at radius 1 is 1.27 bits per heavy atom. The highest BCUT2D eigenvalue weighted by Crippen LogP contribution is 2.13. The van der Waals surface area contributed by atoms with Gasteiger partial charge in [0, 0.05) is 6.20 Å². The van der Waals surface area contributed by atoms with Crippen LogP contribution in [0.15, 0.2) is 36.5 Å². The predicted octanol–water partition coefficient (Wildman–Crippen LogP) is 1.90. The zero-order valence-electron chi connectivity index (χ0n) is 7.84. The first-order valence-electron chi connectivity index (χ1n) is 4.42. The van der Waals surface area contributed by atoms with Gasteiger partial charge in [-0.3, -0.25) is 0 Å². The van der Waals surface area contributed by atoms with Crippen molar-refractivity contribution < 1.29 is 4.39 Å². The van der Waals surface area contributed by atoms with E-state index in [1.165, 1.54) is 12.1 Å². The van der Waals surface area contributed by atoms with Gasteiger partial charge in [0.2, 0.25) is 0 Å². The van der Waals surface area contributed by atoms with E-state index in [9.17, 15) is 4.39 Å². The highest BCUT2D eigenvalue weighted by molar-refractivity contribution is 7.80. The highest BCUT2D eigenvalue weighted by Gasteiger charge is 2.05. The van der Waals surface area contributed by atoms with Crippen molar-refractivity contribution in [1.82, 2.24) is 9.78 Å². The highest BCUT2D eigenvalue weighted by atomic mass is 32.1. The molecular weight excluding hydrogens is 213 g/mol. The van der Waals surface area contributed by atoms with Gasteiger partial charge in [-0.05, 0) is 30.3 Å². The second kappa shape index (κ2) is 4.04. The maximum absolute atomic E-state index is 12.7. The van der Waals surface area contributed by atoms with Gasteiger partial charge in [-0.1, -0.05) is 0 Å². The van der Waals surface area contributed by atoms with E-state index in [4.69, 9.17) is 5.73 Å². The SMILES string of the molecule is N[C@@H](S)c1ccn(-c2ccc(F)cc2)n1. The van der Waals surface area contributed by atoms with Gasteiger partial charge in [0.15, 0.2) is 0 Å². The van der Waals surface area contributed by atoms with E-state index in [1.54, 1.807) is 29.1 Å². The lowest BCUT2D eigenvalue weighted by atomic mass is 10.3. The Morgan fingerprint density at radius 3 is 2.47 bits per heavy atom. The summed E-state index contributed by atoms with van der Waals surface area (Å²) >= 11 is 4.07. The molecule has 0 saturated carbocycles. The fraction of sp³-hybridized carbons (Fsp3) is 0.100. The first-order chi connectivity index (χ1) is 7.16. The van der Waals surface area contributed by atoms with Crippen molar-refractivity contribution in [3.05, 3.63) is 48.0 Å². The fourth-order valence-corrected chi connectivity index (χ4v) is 1.37. The monoisotopic (exact) mass is 223 g/mol. The Labute approximate surface area is 92.1 Å². The lowest BCUT2D eigenvalue weighted by molar-refractivity contribution is 0.627. The van der Waals surface area contributed by atoms with E-state index in [0.717, 1.165) is 5.69 Å². The van der Waals surface area contributed by atoms with Gasteiger partial charge in [-0.2, -0.15) is 17.7 Å². The van der Waals surface area contributed by atoms with Gasteiger partial charge in [0.25, 0.3) is 0 Å². The average molecular weight is 223 g/mol. The third kappa shape index (κ3) is 2.19. The molecule has 1 atom stereocenters. The minimum absolute atomic E-state index is 0.267. The molecule has 0 saturated heterocycles. The summed E-state index contributed by atoms with van der Waals surface area (Å²) in [5, 5.41) is 3.81. The molecule has 1 aromatic heterocycles. The van der Waals surface area contributed by atoms with E-state index in [-0.39, 0.29) is 5.82 Å². The number of rotatable bonds is 2. The van der Waals surface area contributed by atoms with Gasteiger partial charge in [-0.25, -0.2) is 9.07 Å². The predicted molar refractivity (Wildman–Crippen MR) is 59.4 cm³/mol. The summed E-state index contributed by atoms with van der Waals surface area (Å²) < 4.78 is 14.3. The third-order valence-electron chi connectivity index (χ3n) is 2.00. The summed E-state index contributed by atoms with van der Waals surface area (Å²) in [6.07, 6.45) is 1.76. The minimum Gasteiger partial charge on any atom is -0.314 e. The van der Waals surface area contributed by atoms with Crippen LogP contribution in [0.5, 0.6) is 0 Å². The zero-order valence-corrected chi connectivity index (χ0v) is 8.73. The number of nitrogens with two attached hydrogens (primary N) is 1. The van der Waals surface area contributed by atoms with Crippen molar-refractivity contribution in [3.63, 3.8) is 0 Å². The van der Waals surface area contributed by atoms with Crippen molar-refractivity contribution >= 4 is 12.6 Å². The van der Waals surface area contributed by atoms with Crippen LogP contribution in [0.3, 0.4) is 0 Å². The molecule has 78 valence electrons. The van der Waals surface area contributed by atoms with Crippen LogP contribution in [-0.4, -0.2) is 9.78 Å². The molecule has 1 aromatic carbocycles. The van der Waals surface area contributed by atoms with Gasteiger partial charge in [0.1, 0.15) is 5.82 Å². The Bertz CT molecular complexity index is 450. The minimum atomic E-state index is -0.397. The molecule has 2 N–H and O–H groups in total. The molecule has 0 radical (unpaired) electrons. The first kappa shape index (κ1) is 10.2. The molecular formula is C10H10FN3S. The molecule has 0 aliphatic carbocycles. The lowest BCUT2D eigenvalue weighted by Gasteiger charge is -2.01. The third-order valence-corrected chi connectivity index (χ3v) is 2.27. The van der Waals surface area contributed by atoms with Crippen LogP contribution in [-0.2, 0) is 0 Å². The van der Waals surface area contributed by atoms with Crippen molar-refractivity contribution in [1.29, 1.82) is 0 Å². The van der Waals surface area contributed by atoms with Crippen LogP contribution >= 0.6 is 12.6 Å². The normalized spacial score (nSPS) is 12.7. The Hall–Kier alpha value is -1.33. The van der Waals surface area contributed by atoms with E-state index in [2.05, 4.69) is 17.7 Å². The number of hydrogen-bond acceptors (Lipinski definition) is 3. The molecule has 2 aromatic rings. The molecule has 0 fully saturated rings. The molecule has 0 aliphatic heterocycles. The zero-order chi connectivity index (χ0) is 10.8. The number of nitrogens with zero attached hydrogens (tertiary/aromatic N) is 2. The Morgan fingerprint density at radius 2 is 1.93 bits per heavy atom. The van der Waals surface area contributed by atoms with E-state index in [1.807, 2.05) is 0 Å². The second-order valence-corrected chi connectivity index (χ2v) is 3.66. The van der Waals surface area contributed by atoms with Crippen LogP contribution in [0.4, 0.5) is 4.39 Å². The van der Waals surface area contributed by atoms with Crippen LogP contribution < -0.4 is 5.73 Å². The van der Waals surface area contributed by atoms with E-state index in [0.29, 0.717) is 5.69 Å². The molecule has 15 heavy (non-hydrogen) atoms. The number of aromatic nitrogens is 2. The number of benzene rings is 1. The van der Waals surface area contributed by atoms with E-state index < -0.39 is 5.37 Å². The lowest BCUT2D eigenvalue weighted by Crippen LogP contribution is -2.04. The van der Waals surface area contributed by atoms with Crippen molar-refractivity contribution in [2.45, 2.75) is 5.37 Å². The van der Waals surface area contributed by atoms with Gasteiger partial charge in [-0.15, -0.1) is 0 Å². The number of hydrogen-bond donors (Lipinski definition) is 2. The largest absolute Gasteiger partial charge is 0.314 e. The maximum atomic E-state index is 12.7. The summed E-state index contributed by atoms with van der Waals surface area (Å²) in [6, 6.07) is 7.85. The molecule has 0 unspecified atom stereocenters. The number of halogens is 1. The van der Waals surface area contributed by atoms with Crippen LogP contribution in [0, 0.1) is 5.82 Å². The summed E-state index contributed by atoms with van der Waals surface area (Å²) in [5.74, 6) is -0.267. The Balaban J connectivity index is 2.33. The van der Waals surface area contributed by atoms with Crippen molar-refractivity contribution in [2.24, 2.45) is 5.73 Å². The molecule has 0 spiro atoms. The van der Waals surface area contributed by atoms with Crippen molar-refractivity contribution in [3.8, 4) is 5.69 Å². The molecule has 2 rings (SSSR count). The summed E-state index contributed by atoms with van der Waals surface area (Å²) in [4.78, 5) is 0. The summed E-state index contributed by atoms with van der Waals surface area (Å²) in [7, 11) is 0. The summed E-state index contributed by atoms with van der Waals surface area (Å²) in [5.41, 5.74) is 7.03. The summed E-state index contributed by atoms with van der Waals surface area (Å²) in [6.45, 7) is 0. The first-order valence-corrected chi connectivity index (χ1v) is 4.93. The Kier molecular flexibility index (Phi) is 2.75. The van der Waals surface area contributed by atoms with Gasteiger partial charge in [0.05, 0.1) is 16.8 Å². The van der Waals surface area contributed by atoms with Crippen LogP contribution in [0.25, 0.3) is 5.69 Å². The average Bonchev–Trinajstić information content (AvgIpc) is 2.68. The van der Waals surface area contributed by atoms with Gasteiger partial charge >= 0.3 is 0 Å². The molecule has 1 heterocycles. The second-order valence-electron chi connectivity index (χ2n) is 3.11. The number of thiol groups is 1. The van der Waals surface area contributed by atoms with Crippen LogP contribution in [0.2, 0.25) is 0 Å². The van der Waals surface area contributed by atoms with Crippen LogP contribution in [0.1, 0.15) is 11.1 Å².